The van der Waals surface area contributed by atoms with Crippen molar-refractivity contribution in [2.75, 3.05) is 11.4 Å². The van der Waals surface area contributed by atoms with Gasteiger partial charge in [-0.25, -0.2) is 0 Å². The molecule has 0 heterocycles. The van der Waals surface area contributed by atoms with Crippen molar-refractivity contribution in [2.24, 2.45) is 0 Å². The van der Waals surface area contributed by atoms with Gasteiger partial charge in [-0.1, -0.05) is 30.3 Å². The molecule has 1 N–H and O–H groups in total. The summed E-state index contributed by atoms with van der Waals surface area (Å²) in [6, 6.07) is 7.50. The summed E-state index contributed by atoms with van der Waals surface area (Å²) >= 11 is 0. The lowest BCUT2D eigenvalue weighted by molar-refractivity contribution is -0.363. The number of hydrogen-bond acceptors (Lipinski definition) is 2. The molecule has 0 fully saturated rings. The van der Waals surface area contributed by atoms with Crippen molar-refractivity contribution in [3.8, 4) is 0 Å². The molecule has 0 unspecified atom stereocenters. The van der Waals surface area contributed by atoms with E-state index < -0.39 is 54.3 Å². The highest BCUT2D eigenvalue weighted by Gasteiger charge is 2.71. The molecule has 0 atom stereocenters. The van der Waals surface area contributed by atoms with Crippen LogP contribution in [0, 0.1) is 6.92 Å². The van der Waals surface area contributed by atoms with Crippen LogP contribution < -0.4 is 4.90 Å². The lowest BCUT2D eigenvalue weighted by Crippen LogP contribution is -2.62. The third-order valence-electron chi connectivity index (χ3n) is 4.74. The maximum Gasteiger partial charge on any atom is 0.458 e. The summed E-state index contributed by atoms with van der Waals surface area (Å²) in [4.78, 5) is 0.402. The van der Waals surface area contributed by atoms with Gasteiger partial charge >= 0.3 is 24.5 Å². The van der Waals surface area contributed by atoms with Gasteiger partial charge in [0.2, 0.25) is 0 Å². The van der Waals surface area contributed by atoms with E-state index in [-0.39, 0.29) is 5.69 Å². The maximum absolute atomic E-state index is 13.7. The zero-order valence-corrected chi connectivity index (χ0v) is 16.6. The monoisotopic (exact) mass is 495 g/mol. The maximum atomic E-state index is 13.7. The molecule has 0 radical (unpaired) electrons. The second-order valence-corrected chi connectivity index (χ2v) is 7.32. The van der Waals surface area contributed by atoms with Crippen molar-refractivity contribution in [3.05, 3.63) is 65.2 Å². The van der Waals surface area contributed by atoms with Gasteiger partial charge in [0, 0.05) is 17.8 Å². The molecule has 0 saturated heterocycles. The highest BCUT2D eigenvalue weighted by atomic mass is 19.4. The Morgan fingerprint density at radius 1 is 0.727 bits per heavy atom. The van der Waals surface area contributed by atoms with Gasteiger partial charge in [-0.2, -0.15) is 48.3 Å². The number of aliphatic hydroxyl groups is 1. The number of alkyl halides is 11. The minimum absolute atomic E-state index is 0.255. The van der Waals surface area contributed by atoms with Crippen LogP contribution in [0.15, 0.2) is 48.5 Å². The van der Waals surface area contributed by atoms with E-state index in [1.165, 1.54) is 25.1 Å². The van der Waals surface area contributed by atoms with Crippen molar-refractivity contribution in [2.45, 2.75) is 43.5 Å². The molecule has 13 heteroatoms. The van der Waals surface area contributed by atoms with Gasteiger partial charge in [0.15, 0.2) is 0 Å². The molecule has 0 spiro atoms. The Morgan fingerprint density at radius 3 is 1.76 bits per heavy atom. The third kappa shape index (κ3) is 5.50. The largest absolute Gasteiger partial charge is 0.458 e. The fourth-order valence-electron chi connectivity index (χ4n) is 2.93. The van der Waals surface area contributed by atoms with Gasteiger partial charge in [0.25, 0.3) is 5.60 Å². The van der Waals surface area contributed by atoms with E-state index in [0.717, 1.165) is 18.2 Å². The normalized spacial score (nSPS) is 13.8. The Morgan fingerprint density at radius 2 is 1.27 bits per heavy atom. The number of aryl methyl sites for hydroxylation is 1. The molecular formula is C20H16F11NO. The van der Waals surface area contributed by atoms with E-state index in [2.05, 4.69) is 0 Å². The van der Waals surface area contributed by atoms with Gasteiger partial charge < -0.3 is 10.0 Å². The Bertz CT molecular complexity index is 949. The average molecular weight is 495 g/mol. The second kappa shape index (κ2) is 8.65. The first kappa shape index (κ1) is 26.7. The third-order valence-corrected chi connectivity index (χ3v) is 4.74. The van der Waals surface area contributed by atoms with E-state index in [9.17, 15) is 53.4 Å². The van der Waals surface area contributed by atoms with Crippen molar-refractivity contribution in [3.63, 3.8) is 0 Å². The summed E-state index contributed by atoms with van der Waals surface area (Å²) in [5.74, 6) is -5.31. The smallest absolute Gasteiger partial charge is 0.372 e. The summed E-state index contributed by atoms with van der Waals surface area (Å²) in [5.41, 5.74) is -7.05. The van der Waals surface area contributed by atoms with Gasteiger partial charge in [0.05, 0.1) is 6.54 Å². The molecule has 2 rings (SSSR count). The number of nitrogens with zero attached hydrogens (tertiary/aromatic N) is 1. The highest BCUT2D eigenvalue weighted by molar-refractivity contribution is 5.50. The van der Waals surface area contributed by atoms with Crippen LogP contribution in [0.5, 0.6) is 0 Å². The predicted molar refractivity (Wildman–Crippen MR) is 95.7 cm³/mol. The molecule has 0 bridgehead atoms. The standard InChI is InChI=1S/C20H16F11NO/c1-12-4-2-7-15(8-12)32(11-16(33,18(23,24)25)19(26,27)28)10-13-5-3-6-14(9-13)17(21,22)20(29,30)31/h2-9,33H,10-11H2,1H3. The fraction of sp³-hybridized carbons (Fsp3) is 0.400. The first-order valence-electron chi connectivity index (χ1n) is 9.01. The summed E-state index contributed by atoms with van der Waals surface area (Å²) in [6.45, 7) is -1.57. The number of benzene rings is 2. The molecule has 2 aromatic carbocycles. The van der Waals surface area contributed by atoms with Crippen LogP contribution in [0.25, 0.3) is 0 Å². The first-order chi connectivity index (χ1) is 14.8. The topological polar surface area (TPSA) is 23.5 Å². The van der Waals surface area contributed by atoms with Gasteiger partial charge in [0.1, 0.15) is 0 Å². The summed E-state index contributed by atoms with van der Waals surface area (Å²) in [6.07, 6.45) is -18.3. The molecule has 2 nitrogen and oxygen atoms in total. The van der Waals surface area contributed by atoms with Crippen molar-refractivity contribution in [1.82, 2.24) is 0 Å². The molecule has 0 aliphatic heterocycles. The van der Waals surface area contributed by atoms with Crippen LogP contribution in [-0.4, -0.2) is 35.8 Å². The predicted octanol–water partition coefficient (Wildman–Crippen LogP) is 6.51. The first-order valence-corrected chi connectivity index (χ1v) is 9.01. The number of hydrogen-bond donors (Lipinski definition) is 1. The van der Waals surface area contributed by atoms with Crippen molar-refractivity contribution < 1.29 is 53.4 Å². The molecule has 0 amide bonds. The van der Waals surface area contributed by atoms with Crippen LogP contribution in [0.2, 0.25) is 0 Å². The van der Waals surface area contributed by atoms with E-state index >= 15 is 0 Å². The van der Waals surface area contributed by atoms with Gasteiger partial charge in [-0.15, -0.1) is 0 Å². The minimum atomic E-state index is -6.17. The summed E-state index contributed by atoms with van der Waals surface area (Å²) in [7, 11) is 0. The van der Waals surface area contributed by atoms with Crippen LogP contribution in [0.3, 0.4) is 0 Å². The Labute approximate surface area is 180 Å². The quantitative estimate of drug-likeness (QED) is 0.462. The Hall–Kier alpha value is -2.57. The molecular weight excluding hydrogens is 479 g/mol. The second-order valence-electron chi connectivity index (χ2n) is 7.32. The SMILES string of the molecule is Cc1cccc(N(Cc2cccc(C(F)(F)C(F)(F)F)c2)CC(O)(C(F)(F)F)C(F)(F)F)c1. The summed E-state index contributed by atoms with van der Waals surface area (Å²) < 4.78 is 145. The molecule has 0 saturated carbocycles. The van der Waals surface area contributed by atoms with Gasteiger partial charge in [-0.3, -0.25) is 0 Å². The molecule has 0 aliphatic rings. The molecule has 0 aromatic heterocycles. The lowest BCUT2D eigenvalue weighted by Gasteiger charge is -2.38. The zero-order chi connectivity index (χ0) is 25.5. The highest BCUT2D eigenvalue weighted by Crippen LogP contribution is 2.45. The Kier molecular flexibility index (Phi) is 7.00. The van der Waals surface area contributed by atoms with Crippen molar-refractivity contribution in [1.29, 1.82) is 0 Å². The van der Waals surface area contributed by atoms with E-state index in [1.54, 1.807) is 0 Å². The number of rotatable bonds is 6. The van der Waals surface area contributed by atoms with Crippen molar-refractivity contribution >= 4 is 5.69 Å². The molecule has 184 valence electrons. The Balaban J connectivity index is 2.55. The lowest BCUT2D eigenvalue weighted by atomic mass is 9.99. The number of halogens is 11. The van der Waals surface area contributed by atoms with Crippen LogP contribution in [0.4, 0.5) is 54.0 Å². The van der Waals surface area contributed by atoms with E-state index in [1.807, 2.05) is 0 Å². The fourth-order valence-corrected chi connectivity index (χ4v) is 2.93. The molecule has 33 heavy (non-hydrogen) atoms. The van der Waals surface area contributed by atoms with E-state index in [4.69, 9.17) is 0 Å². The zero-order valence-electron chi connectivity index (χ0n) is 16.6. The van der Waals surface area contributed by atoms with Gasteiger partial charge in [-0.05, 0) is 36.2 Å². The van der Waals surface area contributed by atoms with E-state index in [0.29, 0.717) is 22.6 Å². The minimum Gasteiger partial charge on any atom is -0.372 e. The van der Waals surface area contributed by atoms with Crippen LogP contribution in [0.1, 0.15) is 16.7 Å². The number of anilines is 1. The molecule has 2 aromatic rings. The molecule has 0 aliphatic carbocycles. The summed E-state index contributed by atoms with van der Waals surface area (Å²) in [5, 5.41) is 9.59. The van der Waals surface area contributed by atoms with Crippen LogP contribution in [-0.2, 0) is 12.5 Å². The average Bonchev–Trinajstić information content (AvgIpc) is 2.65. The van der Waals surface area contributed by atoms with Crippen LogP contribution >= 0.6 is 0 Å².